The minimum Gasteiger partial charge on any atom is -0.463 e. The number of hydrogen-bond donors (Lipinski definition) is 0. The first kappa shape index (κ1) is 112. The molecule has 0 N–H and O–H groups in total. The molecule has 3 rings (SSSR count). The molecule has 630 valence electrons. The minimum atomic E-state index is -5.00. The van der Waals surface area contributed by atoms with Crippen LogP contribution in [0.1, 0.15) is 145 Å². The van der Waals surface area contributed by atoms with Crippen LogP contribution in [0.4, 0.5) is 83.4 Å². The largest absolute Gasteiger partial charge is 0.463 e. The van der Waals surface area contributed by atoms with Gasteiger partial charge in [0.1, 0.15) is 36.9 Å². The summed E-state index contributed by atoms with van der Waals surface area (Å²) in [5.74, 6) is -14.2. The quantitative estimate of drug-likeness (QED) is 0.0237. The third-order valence-electron chi connectivity index (χ3n) is 11.0. The maximum Gasteiger partial charge on any atom is 0.425 e. The molecule has 0 bridgehead atoms. The Morgan fingerprint density at radius 2 is 0.838 bits per heavy atom. The fraction of sp³-hybridized carbons (Fsp3) is 0.473. The smallest absolute Gasteiger partial charge is 0.425 e. The van der Waals surface area contributed by atoms with E-state index in [0.29, 0.717) is 41.1 Å². The van der Waals surface area contributed by atoms with Crippen molar-refractivity contribution in [2.75, 3.05) is 19.8 Å². The van der Waals surface area contributed by atoms with Crippen LogP contribution in [0.3, 0.4) is 0 Å². The molecule has 111 heavy (non-hydrogen) atoms. The van der Waals surface area contributed by atoms with Gasteiger partial charge in [-0.2, -0.15) is 65.9 Å². The molecule has 2 aromatic carbocycles. The second-order valence-electron chi connectivity index (χ2n) is 23.8. The zero-order valence-corrected chi connectivity index (χ0v) is 62.8. The van der Waals surface area contributed by atoms with E-state index in [1.165, 1.54) is 26.2 Å². The highest BCUT2D eigenvalue weighted by Gasteiger charge is 2.46. The number of carbonyl (C=O) groups is 9. The Kier molecular flexibility index (Phi) is 55.9. The van der Waals surface area contributed by atoms with E-state index in [2.05, 4.69) is 82.9 Å². The minimum absolute atomic E-state index is 0.0470. The summed E-state index contributed by atoms with van der Waals surface area (Å²) >= 11 is 0. The van der Waals surface area contributed by atoms with Gasteiger partial charge < -0.3 is 42.6 Å². The fourth-order valence-electron chi connectivity index (χ4n) is 5.82. The molecule has 1 unspecified atom stereocenters. The molecule has 1 aliphatic carbocycles. The Morgan fingerprint density at radius 1 is 0.459 bits per heavy atom. The van der Waals surface area contributed by atoms with E-state index >= 15 is 0 Å². The van der Waals surface area contributed by atoms with Crippen LogP contribution in [0.15, 0.2) is 166 Å². The van der Waals surface area contributed by atoms with Gasteiger partial charge in [-0.1, -0.05) is 96.0 Å². The van der Waals surface area contributed by atoms with E-state index in [-0.39, 0.29) is 60.4 Å². The van der Waals surface area contributed by atoms with Gasteiger partial charge in [0.2, 0.25) is 0 Å². The lowest BCUT2D eigenvalue weighted by Crippen LogP contribution is -2.31. The lowest BCUT2D eigenvalue weighted by molar-refractivity contribution is -0.213. The van der Waals surface area contributed by atoms with Crippen molar-refractivity contribution in [3.8, 4) is 5.75 Å². The van der Waals surface area contributed by atoms with Gasteiger partial charge in [-0.15, -0.1) is 0 Å². The van der Waals surface area contributed by atoms with Gasteiger partial charge in [-0.3, -0.25) is 0 Å². The molecule has 1 aliphatic rings. The second kappa shape index (κ2) is 55.4. The molecule has 0 spiro atoms. The average molecular weight is 1630 g/mol. The standard InChI is InChI=1S/C11H12O2.C10H7F3O2.C10H16O2.C8H14O2.2C7H7F5O2.2C7H9F3O2.C7H12O2/c1-9(2)11(12)13-8-10-6-4-3-5-7-10;1-2-9(14)15-8-5-3-7(4-6-8)10(11,12)13;1-8(2)10(11)12-9-6-4-3-5-7-9;1-6(2)7(9)10-8(3,4)5;2*1-2-5(13)14-4-6(8,9)3-7(10,11)12;1-4(2)6(11)12-5(3)7(8,9)10;1-2-6(11)12-5-3-4-7(8,9)10;1-5(2)7(8)9-6(3)4/h3-7H,1,8H2,2H3;2-6H,1H2;9H,1,3-7H2,2H3;1H2,2-5H3;2*2H,1,3-4H2;5H,1H2,2-3H3;2H,1,3-5H2;6H,1H2,2-4H3. The number of halogens is 19. The Balaban J connectivity index is -0.000000280. The zero-order valence-electron chi connectivity index (χ0n) is 62.8. The SMILES string of the molecule is C=C(C)C(=O)OC(C)(C)C.C=C(C)C(=O)OC(C)C.C=C(C)C(=O)OC(C)C(F)(F)F.C=C(C)C(=O)OC1CCCCC1.C=C(C)C(=O)OCc1ccccc1.C=CC(=O)OCC(F)(F)CC(F)(F)F.C=CC(=O)OCC(F)(F)CC(F)(F)F.C=CC(=O)OCCCC(F)(F)F.C=CC(=O)Oc1ccc(C(F)(F)F)cc1. The van der Waals surface area contributed by atoms with Crippen molar-refractivity contribution in [2.45, 2.75) is 207 Å². The number of alkyl halides is 19. The number of benzene rings is 2. The molecule has 0 heterocycles. The highest BCUT2D eigenvalue weighted by molar-refractivity contribution is 5.89. The van der Waals surface area contributed by atoms with Gasteiger partial charge in [-0.05, 0) is 138 Å². The predicted octanol–water partition coefficient (Wildman–Crippen LogP) is 19.7. The molecule has 0 saturated heterocycles. The summed E-state index contributed by atoms with van der Waals surface area (Å²) in [5.41, 5.74) is 1.55. The van der Waals surface area contributed by atoms with Crippen LogP contribution >= 0.6 is 0 Å². The van der Waals surface area contributed by atoms with Gasteiger partial charge in [0.05, 0.1) is 18.3 Å². The predicted molar refractivity (Wildman–Crippen MR) is 369 cm³/mol. The maximum atomic E-state index is 12.4. The van der Waals surface area contributed by atoms with Crippen LogP contribution < -0.4 is 4.74 Å². The summed E-state index contributed by atoms with van der Waals surface area (Å²) < 4.78 is 265. The van der Waals surface area contributed by atoms with Crippen molar-refractivity contribution < 1.29 is 169 Å². The lowest BCUT2D eigenvalue weighted by atomic mass is 9.98. The van der Waals surface area contributed by atoms with Gasteiger partial charge in [0, 0.05) is 58.6 Å². The van der Waals surface area contributed by atoms with Crippen LogP contribution in [0.5, 0.6) is 5.75 Å². The summed E-state index contributed by atoms with van der Waals surface area (Å²) in [7, 11) is 0. The van der Waals surface area contributed by atoms with E-state index in [1.807, 2.05) is 51.1 Å². The molecule has 0 amide bonds. The average Bonchev–Trinajstić information content (AvgIpc) is 0.867. The number of hydrogen-bond acceptors (Lipinski definition) is 18. The molecule has 1 saturated carbocycles. The third kappa shape index (κ3) is 73.9. The maximum absolute atomic E-state index is 12.4. The monoisotopic (exact) mass is 1630 g/mol. The molecule has 1 atom stereocenters. The molecule has 37 heteroatoms. The van der Waals surface area contributed by atoms with Gasteiger partial charge in [0.15, 0.2) is 19.3 Å². The van der Waals surface area contributed by atoms with Crippen LogP contribution in [-0.2, 0) is 93.8 Å². The van der Waals surface area contributed by atoms with Crippen LogP contribution in [0, 0.1) is 0 Å². The first-order valence-electron chi connectivity index (χ1n) is 32.0. The summed E-state index contributed by atoms with van der Waals surface area (Å²) in [6, 6.07) is 13.4. The molecule has 1 fully saturated rings. The molecule has 0 aliphatic heterocycles. The van der Waals surface area contributed by atoms with E-state index in [0.717, 1.165) is 61.7 Å². The summed E-state index contributed by atoms with van der Waals surface area (Å²) in [4.78, 5) is 95.7. The molecular weight excluding hydrogens is 1540 g/mol. The second-order valence-corrected chi connectivity index (χ2v) is 23.8. The van der Waals surface area contributed by atoms with E-state index in [9.17, 15) is 127 Å². The van der Waals surface area contributed by atoms with Crippen molar-refractivity contribution in [1.82, 2.24) is 0 Å². The van der Waals surface area contributed by atoms with Crippen molar-refractivity contribution >= 4 is 53.7 Å². The number of ether oxygens (including phenoxy) is 9. The molecule has 2 aromatic rings. The molecule has 0 radical (unpaired) electrons. The molecular formula is C74H93F19O18. The van der Waals surface area contributed by atoms with Gasteiger partial charge in [0.25, 0.3) is 11.8 Å². The normalized spacial score (nSPS) is 12.1. The van der Waals surface area contributed by atoms with Crippen molar-refractivity contribution in [2.24, 2.45) is 0 Å². The number of esters is 9. The summed E-state index contributed by atoms with van der Waals surface area (Å²) in [6.45, 7) is 43.7. The Morgan fingerprint density at radius 3 is 1.14 bits per heavy atom. The Bertz CT molecular complexity index is 3230. The first-order chi connectivity index (χ1) is 50.2. The highest BCUT2D eigenvalue weighted by atomic mass is 19.4. The van der Waals surface area contributed by atoms with E-state index in [4.69, 9.17) is 18.9 Å². The van der Waals surface area contributed by atoms with Crippen molar-refractivity contribution in [3.05, 3.63) is 177 Å². The van der Waals surface area contributed by atoms with Crippen LogP contribution in [-0.4, -0.2) is 134 Å². The van der Waals surface area contributed by atoms with Crippen molar-refractivity contribution in [1.29, 1.82) is 0 Å². The van der Waals surface area contributed by atoms with Crippen LogP contribution in [0.2, 0.25) is 0 Å². The Hall–Kier alpha value is -10.0. The Labute approximate surface area is 631 Å². The number of rotatable bonds is 24. The molecule has 0 aromatic heterocycles. The van der Waals surface area contributed by atoms with Crippen molar-refractivity contribution in [3.63, 3.8) is 0 Å². The number of carbonyl (C=O) groups excluding carboxylic acids is 9. The van der Waals surface area contributed by atoms with Crippen LogP contribution in [0.25, 0.3) is 0 Å². The zero-order chi connectivity index (χ0) is 88.3. The van der Waals surface area contributed by atoms with E-state index in [1.54, 1.807) is 41.5 Å². The third-order valence-corrected chi connectivity index (χ3v) is 11.0. The first-order valence-corrected chi connectivity index (χ1v) is 32.0. The van der Waals surface area contributed by atoms with Gasteiger partial charge >= 0.3 is 84.6 Å². The topological polar surface area (TPSA) is 237 Å². The fourth-order valence-corrected chi connectivity index (χ4v) is 5.82. The van der Waals surface area contributed by atoms with E-state index < -0.39 is 122 Å². The molecule has 18 nitrogen and oxygen atoms in total. The lowest BCUT2D eigenvalue weighted by Gasteiger charge is -2.21. The van der Waals surface area contributed by atoms with Gasteiger partial charge in [-0.25, -0.2) is 60.7 Å². The summed E-state index contributed by atoms with van der Waals surface area (Å²) in [5, 5.41) is 0. The summed E-state index contributed by atoms with van der Waals surface area (Å²) in [6.07, 6.45) is -22.1. The highest BCUT2D eigenvalue weighted by Crippen LogP contribution is 2.34.